The van der Waals surface area contributed by atoms with Gasteiger partial charge in [-0.25, -0.2) is 15.0 Å². The van der Waals surface area contributed by atoms with Crippen molar-refractivity contribution < 1.29 is 8.83 Å². The fourth-order valence-corrected chi connectivity index (χ4v) is 7.67. The Morgan fingerprint density at radius 3 is 1.90 bits per heavy atom. The van der Waals surface area contributed by atoms with Crippen molar-refractivity contribution in [2.24, 2.45) is 0 Å². The minimum absolute atomic E-state index is 0.575. The third kappa shape index (κ3) is 4.46. The summed E-state index contributed by atoms with van der Waals surface area (Å²) < 4.78 is 13.0. The van der Waals surface area contributed by atoms with Crippen LogP contribution < -0.4 is 0 Å². The van der Waals surface area contributed by atoms with Crippen molar-refractivity contribution in [1.82, 2.24) is 15.0 Å². The molecule has 3 heterocycles. The summed E-state index contributed by atoms with van der Waals surface area (Å²) in [6.45, 7) is 0. The van der Waals surface area contributed by atoms with Crippen LogP contribution in [0.1, 0.15) is 0 Å². The van der Waals surface area contributed by atoms with E-state index in [-0.39, 0.29) is 0 Å². The molecule has 11 rings (SSSR count). The van der Waals surface area contributed by atoms with Crippen LogP contribution in [0.15, 0.2) is 173 Å². The topological polar surface area (TPSA) is 65.0 Å². The van der Waals surface area contributed by atoms with Gasteiger partial charge in [-0.3, -0.25) is 0 Å². The molecule has 0 radical (unpaired) electrons. The van der Waals surface area contributed by atoms with Gasteiger partial charge in [0.05, 0.1) is 0 Å². The highest BCUT2D eigenvalue weighted by molar-refractivity contribution is 6.20. The first kappa shape index (κ1) is 28.7. The number of hydrogen-bond acceptors (Lipinski definition) is 5. The maximum absolute atomic E-state index is 6.67. The highest BCUT2D eigenvalue weighted by atomic mass is 16.3. The van der Waals surface area contributed by atoms with Crippen molar-refractivity contribution in [3.8, 4) is 45.3 Å². The zero-order chi connectivity index (χ0) is 34.2. The standard InChI is InChI=1S/C47H27N3O2/c1-2-11-28(12-3-1)31-23-24-36-40(26-31)52-41-27-32-15-6-7-16-34(32)44(43(36)41)47-49-45(33-22-21-29-13-4-5-14-30(29)25-33)48-46(50-47)37-18-10-20-39-42(37)35-17-8-9-19-38(35)51-39/h1-27H. The van der Waals surface area contributed by atoms with Crippen molar-refractivity contribution in [1.29, 1.82) is 0 Å². The van der Waals surface area contributed by atoms with Gasteiger partial charge >= 0.3 is 0 Å². The lowest BCUT2D eigenvalue weighted by Crippen LogP contribution is -2.01. The minimum atomic E-state index is 0.575. The molecule has 8 aromatic carbocycles. The van der Waals surface area contributed by atoms with Crippen molar-refractivity contribution in [2.75, 3.05) is 0 Å². The number of aromatic nitrogens is 3. The number of hydrogen-bond donors (Lipinski definition) is 0. The second-order valence-corrected chi connectivity index (χ2v) is 13.2. The van der Waals surface area contributed by atoms with Crippen molar-refractivity contribution in [3.63, 3.8) is 0 Å². The van der Waals surface area contributed by atoms with Gasteiger partial charge < -0.3 is 8.83 Å². The molecule has 11 aromatic rings. The summed E-state index contributed by atoms with van der Waals surface area (Å²) in [5, 5.41) is 8.34. The molecule has 0 fully saturated rings. The lowest BCUT2D eigenvalue weighted by molar-refractivity contribution is 0.669. The van der Waals surface area contributed by atoms with Crippen molar-refractivity contribution in [2.45, 2.75) is 0 Å². The normalized spacial score (nSPS) is 11.8. The Morgan fingerprint density at radius 1 is 0.327 bits per heavy atom. The zero-order valence-electron chi connectivity index (χ0n) is 27.7. The summed E-state index contributed by atoms with van der Waals surface area (Å²) in [4.78, 5) is 15.9. The van der Waals surface area contributed by atoms with E-state index in [1.54, 1.807) is 0 Å². The number of para-hydroxylation sites is 1. The molecule has 3 aromatic heterocycles. The Morgan fingerprint density at radius 2 is 1.00 bits per heavy atom. The molecule has 0 bridgehead atoms. The number of rotatable bonds is 4. The predicted octanol–water partition coefficient (Wildman–Crippen LogP) is 12.6. The van der Waals surface area contributed by atoms with Gasteiger partial charge in [0.15, 0.2) is 17.5 Å². The van der Waals surface area contributed by atoms with Crippen LogP contribution in [-0.2, 0) is 0 Å². The van der Waals surface area contributed by atoms with Crippen molar-refractivity contribution >= 4 is 65.4 Å². The molecule has 0 aliphatic heterocycles. The highest BCUT2D eigenvalue weighted by Gasteiger charge is 2.23. The Kier molecular flexibility index (Phi) is 6.18. The lowest BCUT2D eigenvalue weighted by Gasteiger charge is -2.12. The van der Waals surface area contributed by atoms with Crippen LogP contribution in [0.25, 0.3) is 111 Å². The maximum Gasteiger partial charge on any atom is 0.165 e. The SMILES string of the molecule is c1ccc(-c2ccc3c(c2)oc2cc4ccccc4c(-c4nc(-c5ccc6ccccc6c5)nc(-c5cccc6oc7ccccc7c56)n4)c23)cc1. The Bertz CT molecular complexity index is 3190. The largest absolute Gasteiger partial charge is 0.456 e. The summed E-state index contributed by atoms with van der Waals surface area (Å²) in [5.41, 5.74) is 8.15. The summed E-state index contributed by atoms with van der Waals surface area (Å²) in [7, 11) is 0. The monoisotopic (exact) mass is 665 g/mol. The molecule has 0 amide bonds. The second-order valence-electron chi connectivity index (χ2n) is 13.2. The average molecular weight is 666 g/mol. The quantitative estimate of drug-likeness (QED) is 0.187. The molecule has 0 saturated carbocycles. The van der Waals surface area contributed by atoms with E-state index >= 15 is 0 Å². The molecule has 0 spiro atoms. The van der Waals surface area contributed by atoms with Gasteiger partial charge in [0.2, 0.25) is 0 Å². The van der Waals surface area contributed by atoms with Gasteiger partial charge in [0, 0.05) is 38.2 Å². The van der Waals surface area contributed by atoms with E-state index in [4.69, 9.17) is 23.8 Å². The molecule has 52 heavy (non-hydrogen) atoms. The molecule has 5 nitrogen and oxygen atoms in total. The Balaban J connectivity index is 1.23. The first-order valence-electron chi connectivity index (χ1n) is 17.3. The summed E-state index contributed by atoms with van der Waals surface area (Å²) in [6.07, 6.45) is 0. The molecular formula is C47H27N3O2. The smallest absolute Gasteiger partial charge is 0.165 e. The summed E-state index contributed by atoms with van der Waals surface area (Å²) in [6, 6.07) is 56.3. The van der Waals surface area contributed by atoms with Crippen LogP contribution in [0.2, 0.25) is 0 Å². The van der Waals surface area contributed by atoms with Crippen LogP contribution in [0, 0.1) is 0 Å². The van der Waals surface area contributed by atoms with E-state index < -0.39 is 0 Å². The first-order valence-corrected chi connectivity index (χ1v) is 17.3. The highest BCUT2D eigenvalue weighted by Crippen LogP contribution is 2.43. The molecule has 242 valence electrons. The fraction of sp³-hybridized carbons (Fsp3) is 0. The molecule has 0 aliphatic rings. The van der Waals surface area contributed by atoms with E-state index in [1.165, 1.54) is 0 Å². The number of benzene rings is 8. The van der Waals surface area contributed by atoms with Gasteiger partial charge in [0.25, 0.3) is 0 Å². The van der Waals surface area contributed by atoms with Gasteiger partial charge in [0.1, 0.15) is 22.3 Å². The third-order valence-electron chi connectivity index (χ3n) is 10.1. The number of nitrogens with zero attached hydrogens (tertiary/aromatic N) is 3. The van der Waals surface area contributed by atoms with E-state index in [2.05, 4.69) is 127 Å². The molecule has 0 atom stereocenters. The van der Waals surface area contributed by atoms with Crippen LogP contribution in [-0.4, -0.2) is 15.0 Å². The number of furan rings is 2. The Labute approximate surface area is 297 Å². The van der Waals surface area contributed by atoms with Crippen LogP contribution in [0.5, 0.6) is 0 Å². The molecule has 0 saturated heterocycles. The molecule has 5 heteroatoms. The van der Waals surface area contributed by atoms with E-state index in [9.17, 15) is 0 Å². The fourth-order valence-electron chi connectivity index (χ4n) is 7.67. The van der Waals surface area contributed by atoms with E-state index in [0.717, 1.165) is 93.2 Å². The molecule has 0 N–H and O–H groups in total. The maximum atomic E-state index is 6.67. The van der Waals surface area contributed by atoms with Crippen LogP contribution in [0.3, 0.4) is 0 Å². The summed E-state index contributed by atoms with van der Waals surface area (Å²) in [5.74, 6) is 1.75. The van der Waals surface area contributed by atoms with Gasteiger partial charge in [-0.15, -0.1) is 0 Å². The minimum Gasteiger partial charge on any atom is -0.456 e. The predicted molar refractivity (Wildman–Crippen MR) is 211 cm³/mol. The summed E-state index contributed by atoms with van der Waals surface area (Å²) >= 11 is 0. The molecular weight excluding hydrogens is 639 g/mol. The zero-order valence-corrected chi connectivity index (χ0v) is 27.7. The molecule has 0 unspecified atom stereocenters. The van der Waals surface area contributed by atoms with Gasteiger partial charge in [-0.1, -0.05) is 127 Å². The van der Waals surface area contributed by atoms with E-state index in [1.807, 2.05) is 36.4 Å². The second kappa shape index (κ2) is 11.2. The van der Waals surface area contributed by atoms with Gasteiger partial charge in [-0.05, 0) is 69.1 Å². The first-order chi connectivity index (χ1) is 25.7. The third-order valence-corrected chi connectivity index (χ3v) is 10.1. The average Bonchev–Trinajstić information content (AvgIpc) is 3.77. The molecule has 0 aliphatic carbocycles. The van der Waals surface area contributed by atoms with E-state index in [0.29, 0.717) is 17.5 Å². The van der Waals surface area contributed by atoms with Crippen LogP contribution >= 0.6 is 0 Å². The number of fused-ring (bicyclic) bond motifs is 8. The Hall–Kier alpha value is -7.11. The van der Waals surface area contributed by atoms with Gasteiger partial charge in [-0.2, -0.15) is 0 Å². The van der Waals surface area contributed by atoms with Crippen molar-refractivity contribution in [3.05, 3.63) is 164 Å². The lowest BCUT2D eigenvalue weighted by atomic mass is 9.96. The van der Waals surface area contributed by atoms with Crippen LogP contribution in [0.4, 0.5) is 0 Å².